The number of ether oxygens (including phenoxy) is 1. The van der Waals surface area contributed by atoms with Gasteiger partial charge in [0.2, 0.25) is 0 Å². The van der Waals surface area contributed by atoms with Gasteiger partial charge in [0.1, 0.15) is 12.4 Å². The fraction of sp³-hybridized carbons (Fsp3) is 0.250. The molecule has 3 rings (SSSR count). The molecule has 0 N–H and O–H groups in total. The molecular formula is C20H20N2O4. The smallest absolute Gasteiger partial charge is 0.261 e. The Kier molecular flexibility index (Phi) is 4.75. The predicted octanol–water partition coefficient (Wildman–Crippen LogP) is 2.37. The molecule has 0 radical (unpaired) electrons. The van der Waals surface area contributed by atoms with Crippen molar-refractivity contribution in [2.75, 3.05) is 27.2 Å². The van der Waals surface area contributed by atoms with Crippen LogP contribution in [0.4, 0.5) is 0 Å². The van der Waals surface area contributed by atoms with Crippen molar-refractivity contribution in [2.45, 2.75) is 6.92 Å². The summed E-state index contributed by atoms with van der Waals surface area (Å²) < 4.78 is 5.66. The molecule has 0 fully saturated rings. The lowest BCUT2D eigenvalue weighted by atomic mass is 10.1. The van der Waals surface area contributed by atoms with E-state index in [2.05, 4.69) is 0 Å². The molecule has 0 atom stereocenters. The number of likely N-dealkylation sites (N-methyl/N-ethyl adjacent to an activating group) is 1. The van der Waals surface area contributed by atoms with Gasteiger partial charge in [-0.15, -0.1) is 0 Å². The number of carbonyl (C=O) groups is 3. The highest BCUT2D eigenvalue weighted by Gasteiger charge is 2.33. The molecule has 0 saturated heterocycles. The SMILES string of the molecule is Cc1cccc(OCCN(C)C(=O)c2ccc3c(c2)C(=O)N(C)C3=O)c1. The molecule has 0 bridgehead atoms. The Balaban J connectivity index is 1.64. The largest absolute Gasteiger partial charge is 0.492 e. The first-order valence-corrected chi connectivity index (χ1v) is 8.30. The molecule has 0 aromatic heterocycles. The summed E-state index contributed by atoms with van der Waals surface area (Å²) in [5.41, 5.74) is 2.08. The minimum atomic E-state index is -0.384. The summed E-state index contributed by atoms with van der Waals surface area (Å²) in [6, 6.07) is 12.3. The Morgan fingerprint density at radius 1 is 1.08 bits per heavy atom. The molecule has 0 saturated carbocycles. The molecule has 0 spiro atoms. The van der Waals surface area contributed by atoms with Crippen LogP contribution in [0.2, 0.25) is 0 Å². The lowest BCUT2D eigenvalue weighted by molar-refractivity contribution is 0.0692. The molecule has 6 nitrogen and oxygen atoms in total. The summed E-state index contributed by atoms with van der Waals surface area (Å²) in [5, 5.41) is 0. The van der Waals surface area contributed by atoms with Gasteiger partial charge < -0.3 is 9.64 Å². The molecule has 6 heteroatoms. The molecule has 0 aliphatic carbocycles. The third-order valence-corrected chi connectivity index (χ3v) is 4.37. The van der Waals surface area contributed by atoms with Crippen LogP contribution in [0.3, 0.4) is 0 Å². The third-order valence-electron chi connectivity index (χ3n) is 4.37. The van der Waals surface area contributed by atoms with Gasteiger partial charge in [0.25, 0.3) is 17.7 Å². The van der Waals surface area contributed by atoms with Crippen molar-refractivity contribution in [1.29, 1.82) is 0 Å². The highest BCUT2D eigenvalue weighted by atomic mass is 16.5. The fourth-order valence-corrected chi connectivity index (χ4v) is 2.82. The second kappa shape index (κ2) is 7.00. The monoisotopic (exact) mass is 352 g/mol. The number of imide groups is 1. The molecule has 0 unspecified atom stereocenters. The second-order valence-electron chi connectivity index (χ2n) is 6.32. The molecule has 2 aromatic carbocycles. The van der Waals surface area contributed by atoms with E-state index in [4.69, 9.17) is 4.74 Å². The maximum Gasteiger partial charge on any atom is 0.261 e. The normalized spacial score (nSPS) is 13.0. The van der Waals surface area contributed by atoms with Crippen molar-refractivity contribution >= 4 is 17.7 Å². The van der Waals surface area contributed by atoms with Crippen molar-refractivity contribution in [3.05, 3.63) is 64.7 Å². The van der Waals surface area contributed by atoms with Crippen LogP contribution in [0.25, 0.3) is 0 Å². The maximum absolute atomic E-state index is 12.6. The zero-order valence-corrected chi connectivity index (χ0v) is 15.0. The maximum atomic E-state index is 12.6. The van der Waals surface area contributed by atoms with Gasteiger partial charge in [0.15, 0.2) is 0 Å². The van der Waals surface area contributed by atoms with Crippen LogP contribution in [0.5, 0.6) is 5.75 Å². The Morgan fingerprint density at radius 3 is 2.54 bits per heavy atom. The van der Waals surface area contributed by atoms with Gasteiger partial charge in [-0.25, -0.2) is 0 Å². The molecule has 134 valence electrons. The number of hydrogen-bond donors (Lipinski definition) is 0. The van der Waals surface area contributed by atoms with Crippen LogP contribution in [0.1, 0.15) is 36.6 Å². The number of amides is 3. The van der Waals surface area contributed by atoms with Gasteiger partial charge in [0, 0.05) is 19.7 Å². The van der Waals surface area contributed by atoms with E-state index in [0.717, 1.165) is 16.2 Å². The topological polar surface area (TPSA) is 66.9 Å². The molecule has 1 aliphatic rings. The number of fused-ring (bicyclic) bond motifs is 1. The molecule has 3 amide bonds. The van der Waals surface area contributed by atoms with Gasteiger partial charge in [-0.2, -0.15) is 0 Å². The van der Waals surface area contributed by atoms with Crippen LogP contribution in [0.15, 0.2) is 42.5 Å². The van der Waals surface area contributed by atoms with Gasteiger partial charge >= 0.3 is 0 Å². The molecule has 1 heterocycles. The van der Waals surface area contributed by atoms with Crippen molar-refractivity contribution in [3.8, 4) is 5.75 Å². The van der Waals surface area contributed by atoms with E-state index in [9.17, 15) is 14.4 Å². The van der Waals surface area contributed by atoms with E-state index in [1.807, 2.05) is 31.2 Å². The Morgan fingerprint density at radius 2 is 1.81 bits per heavy atom. The van der Waals surface area contributed by atoms with Crippen LogP contribution in [0, 0.1) is 6.92 Å². The highest BCUT2D eigenvalue weighted by molar-refractivity contribution is 6.21. The summed E-state index contributed by atoms with van der Waals surface area (Å²) in [4.78, 5) is 39.1. The van der Waals surface area contributed by atoms with Crippen molar-refractivity contribution in [2.24, 2.45) is 0 Å². The van der Waals surface area contributed by atoms with Crippen LogP contribution < -0.4 is 4.74 Å². The third kappa shape index (κ3) is 3.31. The van der Waals surface area contributed by atoms with E-state index >= 15 is 0 Å². The standard InChI is InChI=1S/C20H20N2O4/c1-13-5-4-6-15(11-13)26-10-9-21(2)18(23)14-7-8-16-17(12-14)20(25)22(3)19(16)24/h4-8,11-12H,9-10H2,1-3H3. The lowest BCUT2D eigenvalue weighted by Gasteiger charge is -2.18. The lowest BCUT2D eigenvalue weighted by Crippen LogP contribution is -2.31. The van der Waals surface area contributed by atoms with Crippen LogP contribution in [-0.4, -0.2) is 54.8 Å². The average molecular weight is 352 g/mol. The Hall–Kier alpha value is -3.15. The number of rotatable bonds is 5. The highest BCUT2D eigenvalue weighted by Crippen LogP contribution is 2.23. The van der Waals surface area contributed by atoms with E-state index in [-0.39, 0.29) is 23.3 Å². The number of aryl methyl sites for hydroxylation is 1. The van der Waals surface area contributed by atoms with Crippen molar-refractivity contribution in [1.82, 2.24) is 9.80 Å². The van der Waals surface area contributed by atoms with Gasteiger partial charge in [-0.3, -0.25) is 19.3 Å². The second-order valence-corrected chi connectivity index (χ2v) is 6.32. The molecule has 26 heavy (non-hydrogen) atoms. The van der Waals surface area contributed by atoms with Crippen LogP contribution >= 0.6 is 0 Å². The van der Waals surface area contributed by atoms with E-state index in [1.54, 1.807) is 13.1 Å². The van der Waals surface area contributed by atoms with E-state index in [1.165, 1.54) is 24.1 Å². The Labute approximate surface area is 152 Å². The van der Waals surface area contributed by atoms with Gasteiger partial charge in [-0.1, -0.05) is 12.1 Å². The summed E-state index contributed by atoms with van der Waals surface area (Å²) in [5.74, 6) is -0.194. The molecule has 2 aromatic rings. The Bertz CT molecular complexity index is 891. The van der Waals surface area contributed by atoms with Crippen molar-refractivity contribution in [3.63, 3.8) is 0 Å². The first-order valence-electron chi connectivity index (χ1n) is 8.30. The zero-order chi connectivity index (χ0) is 18.8. The average Bonchev–Trinajstić information content (AvgIpc) is 2.85. The minimum absolute atomic E-state index is 0.226. The number of nitrogens with zero attached hydrogens (tertiary/aromatic N) is 2. The van der Waals surface area contributed by atoms with Gasteiger partial charge in [-0.05, 0) is 42.8 Å². The summed E-state index contributed by atoms with van der Waals surface area (Å²) >= 11 is 0. The van der Waals surface area contributed by atoms with Crippen LogP contribution in [-0.2, 0) is 0 Å². The fourth-order valence-electron chi connectivity index (χ4n) is 2.82. The molecule has 1 aliphatic heterocycles. The summed E-state index contributed by atoms with van der Waals surface area (Å²) in [6.45, 7) is 2.74. The van der Waals surface area contributed by atoms with Gasteiger partial charge in [0.05, 0.1) is 17.7 Å². The van der Waals surface area contributed by atoms with E-state index < -0.39 is 0 Å². The van der Waals surface area contributed by atoms with Crippen molar-refractivity contribution < 1.29 is 19.1 Å². The summed E-state index contributed by atoms with van der Waals surface area (Å²) in [6.07, 6.45) is 0. The zero-order valence-electron chi connectivity index (χ0n) is 15.0. The van der Waals surface area contributed by atoms with E-state index in [0.29, 0.717) is 24.3 Å². The first-order chi connectivity index (χ1) is 12.4. The molecular weight excluding hydrogens is 332 g/mol. The first kappa shape index (κ1) is 17.7. The predicted molar refractivity (Wildman–Crippen MR) is 96.5 cm³/mol. The minimum Gasteiger partial charge on any atom is -0.492 e. The quantitative estimate of drug-likeness (QED) is 0.775. The number of hydrogen-bond acceptors (Lipinski definition) is 4. The number of benzene rings is 2. The number of carbonyl (C=O) groups excluding carboxylic acids is 3. The summed E-state index contributed by atoms with van der Waals surface area (Å²) in [7, 11) is 3.11.